The Balaban J connectivity index is 2.98. The highest BCUT2D eigenvalue weighted by Gasteiger charge is 1.95. The molecule has 11 heavy (non-hydrogen) atoms. The van der Waals surface area contributed by atoms with Crippen LogP contribution >= 0.6 is 0 Å². The lowest BCUT2D eigenvalue weighted by Crippen LogP contribution is -1.94. The maximum Gasteiger partial charge on any atom is 0.0370 e. The summed E-state index contributed by atoms with van der Waals surface area (Å²) in [7, 11) is 0. The van der Waals surface area contributed by atoms with E-state index in [1.807, 2.05) is 18.2 Å². The zero-order valence-corrected chi connectivity index (χ0v) is 6.38. The summed E-state index contributed by atoms with van der Waals surface area (Å²) in [6.45, 7) is 3.63. The highest BCUT2D eigenvalue weighted by atomic mass is 14.6. The van der Waals surface area contributed by atoms with E-state index in [0.717, 1.165) is 17.7 Å². The molecule has 0 aliphatic carbocycles. The molecule has 0 aliphatic rings. The van der Waals surface area contributed by atoms with Crippen LogP contribution in [0.3, 0.4) is 0 Å². The van der Waals surface area contributed by atoms with Crippen molar-refractivity contribution >= 4 is 11.4 Å². The SMILES string of the molecule is C=CCc1ccc(N)cc1N. The predicted octanol–water partition coefficient (Wildman–Crippen LogP) is 1.58. The fourth-order valence-electron chi connectivity index (χ4n) is 0.955. The number of allylic oxidation sites excluding steroid dienone is 1. The number of nitrogens with two attached hydrogens (primary N) is 2. The average Bonchev–Trinajstić information content (AvgIpc) is 1.95. The van der Waals surface area contributed by atoms with Crippen LogP contribution in [0.1, 0.15) is 5.56 Å². The second-order valence-corrected chi connectivity index (χ2v) is 2.45. The Bertz CT molecular complexity index is 266. The fourth-order valence-corrected chi connectivity index (χ4v) is 0.955. The first-order valence-electron chi connectivity index (χ1n) is 3.49. The molecule has 0 heterocycles. The van der Waals surface area contributed by atoms with Gasteiger partial charge in [0.15, 0.2) is 0 Å². The third kappa shape index (κ3) is 1.74. The largest absolute Gasteiger partial charge is 0.399 e. The van der Waals surface area contributed by atoms with Gasteiger partial charge in [-0.15, -0.1) is 6.58 Å². The summed E-state index contributed by atoms with van der Waals surface area (Å²) in [5, 5.41) is 0. The standard InChI is InChI=1S/C9H12N2/c1-2-3-7-4-5-8(10)6-9(7)11/h2,4-6H,1,3,10-11H2. The Hall–Kier alpha value is -1.44. The molecule has 0 atom stereocenters. The molecule has 0 saturated heterocycles. The molecular formula is C9H12N2. The van der Waals surface area contributed by atoms with Crippen LogP contribution in [0.2, 0.25) is 0 Å². The molecule has 2 nitrogen and oxygen atoms in total. The summed E-state index contributed by atoms with van der Waals surface area (Å²) in [6.07, 6.45) is 2.62. The predicted molar refractivity (Wildman–Crippen MR) is 49.2 cm³/mol. The zero-order chi connectivity index (χ0) is 8.27. The lowest BCUT2D eigenvalue weighted by molar-refractivity contribution is 1.28. The van der Waals surface area contributed by atoms with Gasteiger partial charge in [0.05, 0.1) is 0 Å². The van der Waals surface area contributed by atoms with E-state index in [9.17, 15) is 0 Å². The van der Waals surface area contributed by atoms with Crippen molar-refractivity contribution in [1.29, 1.82) is 0 Å². The molecule has 0 saturated carbocycles. The van der Waals surface area contributed by atoms with E-state index < -0.39 is 0 Å². The van der Waals surface area contributed by atoms with Crippen molar-refractivity contribution in [3.8, 4) is 0 Å². The summed E-state index contributed by atoms with van der Waals surface area (Å²) in [6, 6.07) is 5.53. The number of rotatable bonds is 2. The van der Waals surface area contributed by atoms with Gasteiger partial charge in [0, 0.05) is 11.4 Å². The maximum atomic E-state index is 5.68. The molecule has 0 radical (unpaired) electrons. The minimum Gasteiger partial charge on any atom is -0.399 e. The topological polar surface area (TPSA) is 52.0 Å². The van der Waals surface area contributed by atoms with Gasteiger partial charge in [-0.2, -0.15) is 0 Å². The van der Waals surface area contributed by atoms with Crippen molar-refractivity contribution < 1.29 is 0 Å². The van der Waals surface area contributed by atoms with E-state index in [0.29, 0.717) is 5.69 Å². The van der Waals surface area contributed by atoms with E-state index in [-0.39, 0.29) is 0 Å². The first-order valence-corrected chi connectivity index (χ1v) is 3.49. The molecule has 0 bridgehead atoms. The van der Waals surface area contributed by atoms with E-state index in [1.54, 1.807) is 6.07 Å². The van der Waals surface area contributed by atoms with E-state index in [4.69, 9.17) is 11.5 Å². The van der Waals surface area contributed by atoms with Crippen molar-refractivity contribution in [2.45, 2.75) is 6.42 Å². The first kappa shape index (κ1) is 7.66. The van der Waals surface area contributed by atoms with Gasteiger partial charge >= 0.3 is 0 Å². The second-order valence-electron chi connectivity index (χ2n) is 2.45. The van der Waals surface area contributed by atoms with Crippen LogP contribution in [0.5, 0.6) is 0 Å². The highest BCUT2D eigenvalue weighted by Crippen LogP contribution is 2.15. The van der Waals surface area contributed by atoms with Crippen LogP contribution in [0.25, 0.3) is 0 Å². The summed E-state index contributed by atoms with van der Waals surface area (Å²) < 4.78 is 0. The van der Waals surface area contributed by atoms with Crippen LogP contribution in [0, 0.1) is 0 Å². The van der Waals surface area contributed by atoms with Gasteiger partial charge in [-0.1, -0.05) is 12.1 Å². The number of benzene rings is 1. The molecule has 2 heteroatoms. The summed E-state index contributed by atoms with van der Waals surface area (Å²) in [5.74, 6) is 0. The molecule has 0 amide bonds. The van der Waals surface area contributed by atoms with Gasteiger partial charge < -0.3 is 11.5 Å². The van der Waals surface area contributed by atoms with Crippen molar-refractivity contribution in [1.82, 2.24) is 0 Å². The minimum atomic E-state index is 0.704. The van der Waals surface area contributed by atoms with Crippen LogP contribution < -0.4 is 11.5 Å². The zero-order valence-electron chi connectivity index (χ0n) is 6.38. The minimum absolute atomic E-state index is 0.704. The third-order valence-corrected chi connectivity index (χ3v) is 1.53. The summed E-state index contributed by atoms with van der Waals surface area (Å²) >= 11 is 0. The van der Waals surface area contributed by atoms with Crippen LogP contribution in [-0.4, -0.2) is 0 Å². The van der Waals surface area contributed by atoms with Gasteiger partial charge in [0.25, 0.3) is 0 Å². The molecule has 1 aromatic carbocycles. The Labute approximate surface area is 66.5 Å². The fraction of sp³-hybridized carbons (Fsp3) is 0.111. The molecule has 58 valence electrons. The molecule has 1 rings (SSSR count). The van der Waals surface area contributed by atoms with Crippen molar-refractivity contribution in [3.05, 3.63) is 36.4 Å². The van der Waals surface area contributed by atoms with Crippen LogP contribution in [-0.2, 0) is 6.42 Å². The average molecular weight is 148 g/mol. The molecule has 1 aromatic rings. The van der Waals surface area contributed by atoms with E-state index >= 15 is 0 Å². The van der Waals surface area contributed by atoms with Gasteiger partial charge in [-0.25, -0.2) is 0 Å². The molecule has 0 aromatic heterocycles. The summed E-state index contributed by atoms with van der Waals surface area (Å²) in [4.78, 5) is 0. The number of nitrogen functional groups attached to an aromatic ring is 2. The lowest BCUT2D eigenvalue weighted by Gasteiger charge is -2.02. The monoisotopic (exact) mass is 148 g/mol. The molecule has 4 N–H and O–H groups in total. The van der Waals surface area contributed by atoms with Crippen LogP contribution in [0.4, 0.5) is 11.4 Å². The highest BCUT2D eigenvalue weighted by molar-refractivity contribution is 5.57. The van der Waals surface area contributed by atoms with Crippen molar-refractivity contribution in [2.75, 3.05) is 11.5 Å². The van der Waals surface area contributed by atoms with Gasteiger partial charge in [-0.3, -0.25) is 0 Å². The Kier molecular flexibility index (Phi) is 2.16. The molecule has 0 fully saturated rings. The van der Waals surface area contributed by atoms with E-state index in [1.165, 1.54) is 0 Å². The molecule has 0 aliphatic heterocycles. The number of hydrogen-bond donors (Lipinski definition) is 2. The summed E-state index contributed by atoms with van der Waals surface area (Å²) in [5.41, 5.74) is 13.7. The van der Waals surface area contributed by atoms with Gasteiger partial charge in [0.1, 0.15) is 0 Å². The molecule has 0 unspecified atom stereocenters. The lowest BCUT2D eigenvalue weighted by atomic mass is 10.1. The Morgan fingerprint density at radius 1 is 1.36 bits per heavy atom. The second kappa shape index (κ2) is 3.10. The van der Waals surface area contributed by atoms with Crippen molar-refractivity contribution in [2.24, 2.45) is 0 Å². The number of anilines is 2. The van der Waals surface area contributed by atoms with Gasteiger partial charge in [-0.05, 0) is 24.1 Å². The van der Waals surface area contributed by atoms with Gasteiger partial charge in [0.2, 0.25) is 0 Å². The smallest absolute Gasteiger partial charge is 0.0370 e. The van der Waals surface area contributed by atoms with E-state index in [2.05, 4.69) is 6.58 Å². The third-order valence-electron chi connectivity index (χ3n) is 1.53. The van der Waals surface area contributed by atoms with Crippen molar-refractivity contribution in [3.63, 3.8) is 0 Å². The Morgan fingerprint density at radius 2 is 2.09 bits per heavy atom. The normalized spacial score (nSPS) is 9.45. The Morgan fingerprint density at radius 3 is 2.64 bits per heavy atom. The van der Waals surface area contributed by atoms with Crippen LogP contribution in [0.15, 0.2) is 30.9 Å². The molecule has 0 spiro atoms. The first-order chi connectivity index (χ1) is 5.24. The molecular weight excluding hydrogens is 136 g/mol. The quantitative estimate of drug-likeness (QED) is 0.494. The maximum absolute atomic E-state index is 5.68. The number of hydrogen-bond acceptors (Lipinski definition) is 2.